The van der Waals surface area contributed by atoms with Crippen molar-refractivity contribution in [2.75, 3.05) is 0 Å². The molecule has 154 valence electrons. The van der Waals surface area contributed by atoms with Crippen LogP contribution >= 0.6 is 34.5 Å². The minimum Gasteiger partial charge on any atom is -0.371 e. The normalized spacial score (nSPS) is 13.0. The standard InChI is InChI=1S/C19H10Cl2F6OS/c20-18(24,25)17(28,19(21,26)27)15-9-14(10-1-5-12(22)6-2-10)16(29-15)11-3-7-13(23)8-4-11/h1-9,28H. The number of benzene rings is 2. The third-order valence-electron chi connectivity index (χ3n) is 4.17. The first-order valence-corrected chi connectivity index (χ1v) is 9.44. The van der Waals surface area contributed by atoms with Crippen LogP contribution in [0.5, 0.6) is 0 Å². The summed E-state index contributed by atoms with van der Waals surface area (Å²) in [7, 11) is 0. The van der Waals surface area contributed by atoms with Gasteiger partial charge in [0.15, 0.2) is 0 Å². The van der Waals surface area contributed by atoms with Gasteiger partial charge in [0, 0.05) is 10.4 Å². The smallest absolute Gasteiger partial charge is 0.362 e. The summed E-state index contributed by atoms with van der Waals surface area (Å²) in [6, 6.07) is 10.4. The summed E-state index contributed by atoms with van der Waals surface area (Å²) in [4.78, 5) is -0.775. The van der Waals surface area contributed by atoms with Gasteiger partial charge in [-0.05, 0) is 64.7 Å². The van der Waals surface area contributed by atoms with E-state index in [1.165, 1.54) is 24.3 Å². The molecule has 0 atom stereocenters. The zero-order valence-corrected chi connectivity index (χ0v) is 16.4. The zero-order valence-electron chi connectivity index (χ0n) is 14.1. The van der Waals surface area contributed by atoms with Crippen LogP contribution in [-0.2, 0) is 5.60 Å². The maximum absolute atomic E-state index is 13.9. The van der Waals surface area contributed by atoms with Crippen molar-refractivity contribution < 1.29 is 31.4 Å². The Morgan fingerprint density at radius 2 is 1.14 bits per heavy atom. The number of alkyl halides is 6. The van der Waals surface area contributed by atoms with Crippen LogP contribution in [0.2, 0.25) is 0 Å². The highest BCUT2D eigenvalue weighted by Gasteiger charge is 2.68. The second-order valence-electron chi connectivity index (χ2n) is 6.07. The molecule has 10 heteroatoms. The molecule has 0 bridgehead atoms. The minimum absolute atomic E-state index is 0.122. The predicted molar refractivity (Wildman–Crippen MR) is 101 cm³/mol. The monoisotopic (exact) mass is 470 g/mol. The highest BCUT2D eigenvalue weighted by Crippen LogP contribution is 2.56. The molecule has 0 aliphatic heterocycles. The second kappa shape index (κ2) is 7.50. The van der Waals surface area contributed by atoms with Crippen molar-refractivity contribution in [3.63, 3.8) is 0 Å². The number of thiophene rings is 1. The van der Waals surface area contributed by atoms with E-state index in [-0.39, 0.29) is 16.0 Å². The fourth-order valence-corrected chi connectivity index (χ4v) is 4.61. The number of hydrogen-bond donors (Lipinski definition) is 1. The van der Waals surface area contributed by atoms with E-state index in [1.807, 2.05) is 0 Å². The highest BCUT2D eigenvalue weighted by molar-refractivity contribution is 7.16. The summed E-state index contributed by atoms with van der Waals surface area (Å²) in [5.74, 6) is -1.16. The summed E-state index contributed by atoms with van der Waals surface area (Å²) in [6.45, 7) is 0. The second-order valence-corrected chi connectivity index (χ2v) is 8.07. The molecule has 3 aromatic rings. The Bertz CT molecular complexity index is 930. The molecule has 0 aliphatic rings. The first-order chi connectivity index (χ1) is 13.3. The lowest BCUT2D eigenvalue weighted by Crippen LogP contribution is -2.52. The van der Waals surface area contributed by atoms with Crippen molar-refractivity contribution in [2.24, 2.45) is 0 Å². The first-order valence-electron chi connectivity index (χ1n) is 7.86. The van der Waals surface area contributed by atoms with Gasteiger partial charge >= 0.3 is 10.8 Å². The predicted octanol–water partition coefficient (Wildman–Crippen LogP) is 7.21. The average Bonchev–Trinajstić information content (AvgIpc) is 3.06. The van der Waals surface area contributed by atoms with Gasteiger partial charge in [-0.2, -0.15) is 17.6 Å². The minimum atomic E-state index is -4.83. The van der Waals surface area contributed by atoms with Crippen LogP contribution < -0.4 is 0 Å². The van der Waals surface area contributed by atoms with E-state index in [2.05, 4.69) is 0 Å². The van der Waals surface area contributed by atoms with E-state index in [0.717, 1.165) is 30.3 Å². The molecule has 0 fully saturated rings. The quantitative estimate of drug-likeness (QED) is 0.308. The molecule has 0 amide bonds. The van der Waals surface area contributed by atoms with Crippen LogP contribution in [-0.4, -0.2) is 15.9 Å². The van der Waals surface area contributed by atoms with Crippen LogP contribution in [0.15, 0.2) is 54.6 Å². The summed E-state index contributed by atoms with van der Waals surface area (Å²) < 4.78 is 82.0. The lowest BCUT2D eigenvalue weighted by molar-refractivity contribution is -0.222. The SMILES string of the molecule is OC(c1cc(-c2ccc(F)cc2)c(-c2ccc(F)cc2)s1)(C(F)(F)Cl)C(F)(F)Cl. The number of aliphatic hydroxyl groups is 1. The van der Waals surface area contributed by atoms with Crippen LogP contribution in [0.4, 0.5) is 26.3 Å². The highest BCUT2D eigenvalue weighted by atomic mass is 35.5. The van der Waals surface area contributed by atoms with E-state index in [0.29, 0.717) is 16.9 Å². The van der Waals surface area contributed by atoms with E-state index in [4.69, 9.17) is 23.2 Å². The molecule has 0 radical (unpaired) electrons. The topological polar surface area (TPSA) is 20.2 Å². The molecule has 0 spiro atoms. The van der Waals surface area contributed by atoms with Crippen molar-refractivity contribution in [1.82, 2.24) is 0 Å². The lowest BCUT2D eigenvalue weighted by Gasteiger charge is -2.33. The number of hydrogen-bond acceptors (Lipinski definition) is 2. The summed E-state index contributed by atoms with van der Waals surface area (Å²) in [5, 5.41) is 0.542. The van der Waals surface area contributed by atoms with E-state index < -0.39 is 32.9 Å². The van der Waals surface area contributed by atoms with Crippen molar-refractivity contribution in [3.8, 4) is 21.6 Å². The maximum Gasteiger partial charge on any atom is 0.362 e. The summed E-state index contributed by atoms with van der Waals surface area (Å²) in [5.41, 5.74) is -3.54. The summed E-state index contributed by atoms with van der Waals surface area (Å²) in [6.07, 6.45) is 0. The van der Waals surface area contributed by atoms with Gasteiger partial charge in [-0.3, -0.25) is 0 Å². The molecule has 3 rings (SSSR count). The molecule has 2 aromatic carbocycles. The van der Waals surface area contributed by atoms with Crippen LogP contribution in [0, 0.1) is 11.6 Å². The maximum atomic E-state index is 13.9. The van der Waals surface area contributed by atoms with Crippen LogP contribution in [0.1, 0.15) is 4.88 Å². The van der Waals surface area contributed by atoms with Gasteiger partial charge in [-0.1, -0.05) is 24.3 Å². The molecule has 1 N–H and O–H groups in total. The van der Waals surface area contributed by atoms with Gasteiger partial charge in [0.2, 0.25) is 0 Å². The lowest BCUT2D eigenvalue weighted by atomic mass is 9.98. The Morgan fingerprint density at radius 3 is 1.55 bits per heavy atom. The van der Waals surface area contributed by atoms with Gasteiger partial charge in [-0.15, -0.1) is 11.3 Å². The molecule has 1 aromatic heterocycles. The largest absolute Gasteiger partial charge is 0.371 e. The Kier molecular flexibility index (Phi) is 5.68. The first kappa shape index (κ1) is 22.0. The van der Waals surface area contributed by atoms with Gasteiger partial charge in [0.05, 0.1) is 4.88 Å². The van der Waals surface area contributed by atoms with Gasteiger partial charge in [-0.25, -0.2) is 8.78 Å². The Labute approximate surface area is 175 Å². The van der Waals surface area contributed by atoms with E-state index >= 15 is 0 Å². The number of rotatable bonds is 5. The Hall–Kier alpha value is -1.74. The fraction of sp³-hybridized carbons (Fsp3) is 0.158. The fourth-order valence-electron chi connectivity index (χ4n) is 2.67. The molecule has 29 heavy (non-hydrogen) atoms. The van der Waals surface area contributed by atoms with Crippen LogP contribution in [0.3, 0.4) is 0 Å². The summed E-state index contributed by atoms with van der Waals surface area (Å²) >= 11 is 10.0. The molecular formula is C19H10Cl2F6OS. The van der Waals surface area contributed by atoms with Gasteiger partial charge in [0.1, 0.15) is 11.6 Å². The third kappa shape index (κ3) is 3.99. The zero-order chi connectivity index (χ0) is 21.6. The Balaban J connectivity index is 2.29. The van der Waals surface area contributed by atoms with Crippen molar-refractivity contribution in [2.45, 2.75) is 16.4 Å². The molecule has 1 nitrogen and oxygen atoms in total. The van der Waals surface area contributed by atoms with Gasteiger partial charge < -0.3 is 5.11 Å². The van der Waals surface area contributed by atoms with Crippen molar-refractivity contribution in [3.05, 3.63) is 71.1 Å². The molecule has 0 aliphatic carbocycles. The van der Waals surface area contributed by atoms with E-state index in [9.17, 15) is 31.4 Å². The van der Waals surface area contributed by atoms with E-state index in [1.54, 1.807) is 0 Å². The van der Waals surface area contributed by atoms with Crippen molar-refractivity contribution >= 4 is 34.5 Å². The average molecular weight is 471 g/mol. The third-order valence-corrected chi connectivity index (χ3v) is 6.01. The van der Waals surface area contributed by atoms with Gasteiger partial charge in [0.25, 0.3) is 5.60 Å². The molecular weight excluding hydrogens is 461 g/mol. The molecule has 1 heterocycles. The van der Waals surface area contributed by atoms with Crippen molar-refractivity contribution in [1.29, 1.82) is 0 Å². The molecule has 0 saturated carbocycles. The Morgan fingerprint density at radius 1 is 0.724 bits per heavy atom. The number of halogens is 8. The molecule has 0 unspecified atom stereocenters. The molecule has 0 saturated heterocycles. The van der Waals surface area contributed by atoms with Crippen LogP contribution in [0.25, 0.3) is 21.6 Å².